The Bertz CT molecular complexity index is 8360. The molecule has 0 saturated carbocycles. The summed E-state index contributed by atoms with van der Waals surface area (Å²) in [6, 6.07) is 141. The van der Waals surface area contributed by atoms with E-state index >= 15 is 0 Å². The number of thiophene rings is 1. The van der Waals surface area contributed by atoms with Gasteiger partial charge in [0.15, 0.2) is 17.2 Å². The quantitative estimate of drug-likeness (QED) is 0.127. The molecule has 0 saturated heterocycles. The predicted molar refractivity (Wildman–Crippen MR) is 495 cm³/mol. The minimum Gasteiger partial charge on any atom is -0.452 e. The molecule has 0 aliphatic carbocycles. The van der Waals surface area contributed by atoms with Crippen molar-refractivity contribution in [2.75, 3.05) is 0 Å². The molecule has 25 aromatic rings. The highest BCUT2D eigenvalue weighted by atomic mass is 32.1. The third kappa shape index (κ3) is 11.3. The van der Waals surface area contributed by atoms with Crippen molar-refractivity contribution in [3.05, 3.63) is 400 Å². The molecule has 11 nitrogen and oxygen atoms in total. The molecule has 0 amide bonds. The maximum Gasteiger partial charge on any atom is 0.236 e. The van der Waals surface area contributed by atoms with E-state index < -0.39 is 0 Å². The van der Waals surface area contributed by atoms with Crippen molar-refractivity contribution in [1.82, 2.24) is 48.2 Å². The van der Waals surface area contributed by atoms with Gasteiger partial charge in [-0.1, -0.05) is 273 Å². The first-order chi connectivity index (χ1) is 59.5. The van der Waals surface area contributed by atoms with Gasteiger partial charge in [0, 0.05) is 97.9 Å². The SMILES string of the molecule is c1ccc(-c2cc(-c3ccccc3)nc(-c3nc(-n4c5ccccc5c5ccc(-c6ccc7c(c6)c6ccccc6n7-c6ccccc6)cc54)nc4c3sc3ccccc34)n2)cc1.c1ccc(-c2nc(-c3cccc(-n4c5ccccc5c5cc(-c6ccc7c(c6)c6ccccc6n7-c6ccccc6)ccc54)c3)nc3c2oc2ccccc23)cc1. The van der Waals surface area contributed by atoms with Crippen LogP contribution in [-0.4, -0.2) is 48.2 Å². The van der Waals surface area contributed by atoms with E-state index in [0.717, 1.165) is 137 Å². The highest BCUT2D eigenvalue weighted by Crippen LogP contribution is 2.45. The van der Waals surface area contributed by atoms with Gasteiger partial charge < -0.3 is 18.1 Å². The van der Waals surface area contributed by atoms with E-state index in [1.807, 2.05) is 72.8 Å². The van der Waals surface area contributed by atoms with Gasteiger partial charge in [-0.2, -0.15) is 0 Å². The summed E-state index contributed by atoms with van der Waals surface area (Å²) in [6.07, 6.45) is 0. The van der Waals surface area contributed by atoms with Crippen LogP contribution in [0.5, 0.6) is 0 Å². The van der Waals surface area contributed by atoms with Crippen LogP contribution in [0.2, 0.25) is 0 Å². The second kappa shape index (κ2) is 27.9. The van der Waals surface area contributed by atoms with Gasteiger partial charge in [-0.05, 0) is 150 Å². The lowest BCUT2D eigenvalue weighted by Crippen LogP contribution is -2.05. The number of hydrogen-bond acceptors (Lipinski definition) is 8. The molecule has 560 valence electrons. The summed E-state index contributed by atoms with van der Waals surface area (Å²) < 4.78 is 17.8. The molecule has 0 radical (unpaired) electrons. The number of nitrogens with zero attached hydrogens (tertiary/aromatic N) is 10. The maximum absolute atomic E-state index is 6.38. The number of furan rings is 1. The van der Waals surface area contributed by atoms with Crippen molar-refractivity contribution in [2.45, 2.75) is 0 Å². The summed E-state index contributed by atoms with van der Waals surface area (Å²) in [6.45, 7) is 0. The average Bonchev–Trinajstić information content (AvgIpc) is 1.48. The van der Waals surface area contributed by atoms with E-state index in [-0.39, 0.29) is 0 Å². The lowest BCUT2D eigenvalue weighted by molar-refractivity contribution is 0.667. The van der Waals surface area contributed by atoms with E-state index in [2.05, 4.69) is 346 Å². The number of rotatable bonds is 11. The fraction of sp³-hybridized carbons (Fsp3) is 0. The second-order valence-electron chi connectivity index (χ2n) is 30.4. The smallest absolute Gasteiger partial charge is 0.236 e. The van der Waals surface area contributed by atoms with Gasteiger partial charge in [0.25, 0.3) is 0 Å². The van der Waals surface area contributed by atoms with Gasteiger partial charge in [0.2, 0.25) is 5.95 Å². The summed E-state index contributed by atoms with van der Waals surface area (Å²) in [4.78, 5) is 31.9. The van der Waals surface area contributed by atoms with Crippen LogP contribution in [0.1, 0.15) is 0 Å². The van der Waals surface area contributed by atoms with Gasteiger partial charge in [-0.15, -0.1) is 11.3 Å². The Morgan fingerprint density at radius 2 is 0.625 bits per heavy atom. The molecule has 16 aromatic carbocycles. The Kier molecular flexibility index (Phi) is 15.9. The van der Waals surface area contributed by atoms with E-state index in [9.17, 15) is 0 Å². The van der Waals surface area contributed by atoms with Crippen LogP contribution in [0.25, 0.3) is 232 Å². The van der Waals surface area contributed by atoms with Crippen LogP contribution < -0.4 is 0 Å². The molecule has 0 atom stereocenters. The molecule has 120 heavy (non-hydrogen) atoms. The maximum atomic E-state index is 6.38. The molecule has 0 bridgehead atoms. The number of hydrogen-bond donors (Lipinski definition) is 0. The highest BCUT2D eigenvalue weighted by Gasteiger charge is 2.26. The molecule has 0 aliphatic heterocycles. The zero-order valence-electron chi connectivity index (χ0n) is 64.4. The van der Waals surface area contributed by atoms with Crippen LogP contribution in [0.15, 0.2) is 405 Å². The van der Waals surface area contributed by atoms with Crippen LogP contribution in [-0.2, 0) is 0 Å². The molecule has 0 fully saturated rings. The number of aromatic nitrogens is 10. The summed E-state index contributed by atoms with van der Waals surface area (Å²) >= 11 is 1.69. The number of fused-ring (bicyclic) bond motifs is 18. The zero-order chi connectivity index (χ0) is 78.9. The molecule has 0 N–H and O–H groups in total. The van der Waals surface area contributed by atoms with Crippen molar-refractivity contribution >= 4 is 141 Å². The van der Waals surface area contributed by atoms with Gasteiger partial charge >= 0.3 is 0 Å². The highest BCUT2D eigenvalue weighted by molar-refractivity contribution is 7.26. The third-order valence-corrected chi connectivity index (χ3v) is 24.7. The summed E-state index contributed by atoms with van der Waals surface area (Å²) in [7, 11) is 0. The summed E-state index contributed by atoms with van der Waals surface area (Å²) in [5.74, 6) is 1.78. The van der Waals surface area contributed by atoms with E-state index in [1.165, 1.54) is 65.5 Å². The standard InChI is InChI=1S/C56H34N6S.C52H32N4O/c1-4-16-35(17-5-1)45-34-46(36-18-6-2-7-19-36)58-55(57-45)53-54-52(43-24-12-15-27-51(43)63-54)59-56(60-53)62-48-26-14-10-22-40(48)42-30-28-38(33-50(42)62)37-29-31-49-44(32-37)41-23-11-13-25-47(41)61(49)39-20-8-3-9-21-39;1-3-14-33(15-4-1)49-51-50(41-22-9-12-25-48(41)57-51)54-52(53-49)36-16-13-19-38(30-36)56-45-24-11-8-21-40(45)43-32-35(27-29-47(43)56)34-26-28-46-42(31-34)39-20-7-10-23-44(39)55(46)37-17-5-2-6-18-37/h1-34H;1-32H. The van der Waals surface area contributed by atoms with E-state index in [4.69, 9.17) is 34.3 Å². The van der Waals surface area contributed by atoms with Crippen molar-refractivity contribution < 1.29 is 4.42 Å². The Labute approximate surface area is 691 Å². The molecular formula is C108H66N10OS. The molecule has 9 heterocycles. The largest absolute Gasteiger partial charge is 0.452 e. The molecular weight excluding hydrogens is 1490 g/mol. The van der Waals surface area contributed by atoms with Gasteiger partial charge in [-0.3, -0.25) is 4.57 Å². The van der Waals surface area contributed by atoms with Crippen molar-refractivity contribution in [1.29, 1.82) is 0 Å². The minimum atomic E-state index is 0.555. The lowest BCUT2D eigenvalue weighted by atomic mass is 10.0. The van der Waals surface area contributed by atoms with Crippen molar-refractivity contribution in [3.8, 4) is 102 Å². The Morgan fingerprint density at radius 3 is 1.18 bits per heavy atom. The zero-order valence-corrected chi connectivity index (χ0v) is 65.2. The Morgan fingerprint density at radius 1 is 0.217 bits per heavy atom. The first-order valence-electron chi connectivity index (χ1n) is 40.3. The lowest BCUT2D eigenvalue weighted by Gasteiger charge is -2.12. The third-order valence-electron chi connectivity index (χ3n) is 23.5. The Hall–Kier alpha value is -16.0. The first-order valence-corrected chi connectivity index (χ1v) is 41.1. The van der Waals surface area contributed by atoms with Gasteiger partial charge in [0.05, 0.1) is 65.7 Å². The molecule has 9 aromatic heterocycles. The molecule has 12 heteroatoms. The monoisotopic (exact) mass is 1550 g/mol. The Balaban J connectivity index is 0.000000137. The summed E-state index contributed by atoms with van der Waals surface area (Å²) in [5, 5.41) is 11.6. The molecule has 0 unspecified atom stereocenters. The molecule has 25 rings (SSSR count). The van der Waals surface area contributed by atoms with Crippen LogP contribution >= 0.6 is 11.3 Å². The second-order valence-corrected chi connectivity index (χ2v) is 31.5. The first kappa shape index (κ1) is 68.4. The fourth-order valence-electron chi connectivity index (χ4n) is 18.0. The topological polar surface area (TPSA) is 110 Å². The van der Waals surface area contributed by atoms with E-state index in [0.29, 0.717) is 28.9 Å². The van der Waals surface area contributed by atoms with Crippen molar-refractivity contribution in [3.63, 3.8) is 0 Å². The molecule has 0 spiro atoms. The predicted octanol–water partition coefficient (Wildman–Crippen LogP) is 28.1. The summed E-state index contributed by atoms with van der Waals surface area (Å²) in [5.41, 5.74) is 27.3. The van der Waals surface area contributed by atoms with Crippen LogP contribution in [0.4, 0.5) is 0 Å². The number of para-hydroxylation sites is 7. The van der Waals surface area contributed by atoms with Crippen LogP contribution in [0.3, 0.4) is 0 Å². The van der Waals surface area contributed by atoms with Gasteiger partial charge in [-0.25, -0.2) is 29.9 Å². The normalized spacial score (nSPS) is 11.8. The van der Waals surface area contributed by atoms with Gasteiger partial charge in [0.1, 0.15) is 22.5 Å². The number of benzene rings is 16. The average molecular weight is 1550 g/mol. The molecule has 0 aliphatic rings. The van der Waals surface area contributed by atoms with E-state index in [1.54, 1.807) is 11.3 Å². The van der Waals surface area contributed by atoms with Crippen LogP contribution in [0, 0.1) is 0 Å². The minimum absolute atomic E-state index is 0.555. The van der Waals surface area contributed by atoms with Crippen molar-refractivity contribution in [2.24, 2.45) is 0 Å². The fourth-order valence-corrected chi connectivity index (χ4v) is 19.1.